The Balaban J connectivity index is 2.56. The molecule has 0 bridgehead atoms. The average Bonchev–Trinajstić information content (AvgIpc) is 3.12. The number of thiazole rings is 1. The molecule has 0 aliphatic carbocycles. The minimum Gasteiger partial charge on any atom is -0.462 e. The second-order valence-corrected chi connectivity index (χ2v) is 11.0. The number of hydrogen-bond donors (Lipinski definition) is 0. The van der Waals surface area contributed by atoms with Crippen LogP contribution >= 0.6 is 34.4 Å². The first-order valence-corrected chi connectivity index (χ1v) is 11.7. The second-order valence-electron chi connectivity index (χ2n) is 5.77. The molecule has 0 saturated heterocycles. The molecule has 22 heavy (non-hydrogen) atoms. The van der Waals surface area contributed by atoms with Crippen LogP contribution in [0.4, 0.5) is 0 Å². The van der Waals surface area contributed by atoms with Gasteiger partial charge in [-0.1, -0.05) is 43.6 Å². The van der Waals surface area contributed by atoms with Gasteiger partial charge >= 0.3 is 0 Å². The zero-order valence-corrected chi connectivity index (χ0v) is 16.9. The van der Waals surface area contributed by atoms with E-state index in [-0.39, 0.29) is 0 Å². The van der Waals surface area contributed by atoms with Crippen molar-refractivity contribution in [1.29, 1.82) is 0 Å². The molecule has 0 aliphatic heterocycles. The van der Waals surface area contributed by atoms with E-state index >= 15 is 0 Å². The number of halogens is 1. The molecule has 0 unspecified atom stereocenters. The Bertz CT molecular complexity index is 669. The molecule has 0 saturated carbocycles. The van der Waals surface area contributed by atoms with E-state index in [0.717, 1.165) is 27.8 Å². The van der Waals surface area contributed by atoms with Crippen LogP contribution in [0.15, 0.2) is 16.7 Å². The fourth-order valence-electron chi connectivity index (χ4n) is 2.51. The molecule has 2 heterocycles. The predicted octanol–water partition coefficient (Wildman–Crippen LogP) is 5.52. The molecule has 0 fully saturated rings. The van der Waals surface area contributed by atoms with Crippen molar-refractivity contribution in [1.82, 2.24) is 4.98 Å². The maximum Gasteiger partial charge on any atom is 0.164 e. The van der Waals surface area contributed by atoms with Crippen LogP contribution in [-0.4, -0.2) is 17.3 Å². The third-order valence-corrected chi connectivity index (χ3v) is 9.02. The molecule has 122 valence electrons. The SMILES string of the molecule is CCP(=O)(CC)c1ccoc1-c1nc(CBr)sc1CC(C)C. The molecular weight excluding hydrogens is 381 g/mol. The van der Waals surface area contributed by atoms with E-state index in [1.165, 1.54) is 4.88 Å². The predicted molar refractivity (Wildman–Crippen MR) is 99.3 cm³/mol. The van der Waals surface area contributed by atoms with Crippen LogP contribution in [0.2, 0.25) is 0 Å². The van der Waals surface area contributed by atoms with Crippen molar-refractivity contribution >= 4 is 39.7 Å². The van der Waals surface area contributed by atoms with Gasteiger partial charge in [-0.2, -0.15) is 0 Å². The Morgan fingerprint density at radius 1 is 1.36 bits per heavy atom. The highest BCUT2D eigenvalue weighted by atomic mass is 79.9. The number of furan rings is 1. The molecule has 2 rings (SSSR count). The Morgan fingerprint density at radius 3 is 2.59 bits per heavy atom. The Morgan fingerprint density at radius 2 is 2.05 bits per heavy atom. The number of alkyl halides is 1. The van der Waals surface area contributed by atoms with Gasteiger partial charge in [-0.05, 0) is 18.4 Å². The first kappa shape index (κ1) is 18.0. The third kappa shape index (κ3) is 3.58. The minimum absolute atomic E-state index is 0.546. The first-order chi connectivity index (χ1) is 10.4. The number of nitrogens with zero attached hydrogens (tertiary/aromatic N) is 1. The Kier molecular flexibility index (Phi) is 6.09. The molecule has 2 aromatic rings. The topological polar surface area (TPSA) is 43.1 Å². The van der Waals surface area contributed by atoms with Gasteiger partial charge in [-0.3, -0.25) is 0 Å². The van der Waals surface area contributed by atoms with E-state index in [1.54, 1.807) is 17.6 Å². The van der Waals surface area contributed by atoms with Gasteiger partial charge in [0.15, 0.2) is 5.76 Å². The molecule has 6 heteroatoms. The maximum absolute atomic E-state index is 13.1. The van der Waals surface area contributed by atoms with E-state index in [4.69, 9.17) is 9.40 Å². The summed E-state index contributed by atoms with van der Waals surface area (Å²) in [5.41, 5.74) is 0.885. The molecule has 0 atom stereocenters. The third-order valence-electron chi connectivity index (χ3n) is 3.77. The van der Waals surface area contributed by atoms with Gasteiger partial charge in [0.25, 0.3) is 0 Å². The van der Waals surface area contributed by atoms with Gasteiger partial charge in [0.05, 0.1) is 16.9 Å². The van der Waals surface area contributed by atoms with E-state index in [1.807, 2.05) is 19.9 Å². The van der Waals surface area contributed by atoms with Crippen LogP contribution in [-0.2, 0) is 16.3 Å². The molecular formula is C16H23BrNO2PS. The number of hydrogen-bond acceptors (Lipinski definition) is 4. The Hall–Kier alpha value is -0.380. The lowest BCUT2D eigenvalue weighted by Gasteiger charge is -2.14. The van der Waals surface area contributed by atoms with Crippen LogP contribution in [0.25, 0.3) is 11.5 Å². The molecule has 0 spiro atoms. The van der Waals surface area contributed by atoms with Crippen molar-refractivity contribution in [2.45, 2.75) is 39.4 Å². The molecule has 3 nitrogen and oxygen atoms in total. The zero-order chi connectivity index (χ0) is 16.3. The highest BCUT2D eigenvalue weighted by molar-refractivity contribution is 9.08. The van der Waals surface area contributed by atoms with Gasteiger partial charge < -0.3 is 8.98 Å². The highest BCUT2D eigenvalue weighted by Gasteiger charge is 2.29. The molecule has 0 radical (unpaired) electrons. The van der Waals surface area contributed by atoms with Crippen LogP contribution in [0.3, 0.4) is 0 Å². The van der Waals surface area contributed by atoms with Crippen molar-refractivity contribution in [3.05, 3.63) is 22.2 Å². The lowest BCUT2D eigenvalue weighted by atomic mass is 10.1. The van der Waals surface area contributed by atoms with Crippen LogP contribution in [0.1, 0.15) is 37.6 Å². The van der Waals surface area contributed by atoms with Crippen molar-refractivity contribution < 1.29 is 8.98 Å². The van der Waals surface area contributed by atoms with Crippen LogP contribution in [0, 0.1) is 5.92 Å². The molecule has 0 aromatic carbocycles. The fourth-order valence-corrected chi connectivity index (χ4v) is 6.10. The van der Waals surface area contributed by atoms with Crippen molar-refractivity contribution in [2.75, 3.05) is 12.3 Å². The zero-order valence-electron chi connectivity index (χ0n) is 13.6. The van der Waals surface area contributed by atoms with E-state index < -0.39 is 7.14 Å². The summed E-state index contributed by atoms with van der Waals surface area (Å²) in [6, 6.07) is 1.87. The second kappa shape index (κ2) is 7.46. The fraction of sp³-hybridized carbons (Fsp3) is 0.562. The number of rotatable bonds is 7. The van der Waals surface area contributed by atoms with Gasteiger partial charge in [0.2, 0.25) is 0 Å². The maximum atomic E-state index is 13.1. The summed E-state index contributed by atoms with van der Waals surface area (Å²) < 4.78 is 18.9. The van der Waals surface area contributed by atoms with Crippen molar-refractivity contribution in [2.24, 2.45) is 5.92 Å². The average molecular weight is 404 g/mol. The summed E-state index contributed by atoms with van der Waals surface area (Å²) in [6.45, 7) is 8.37. The smallest absolute Gasteiger partial charge is 0.164 e. The standard InChI is InChI=1S/C16H23BrNO2PS/c1-5-21(19,6-2)12-7-8-20-16(12)15-13(9-11(3)4)22-14(10-17)18-15/h7-8,11H,5-6,9-10H2,1-4H3. The monoisotopic (exact) mass is 403 g/mol. The van der Waals surface area contributed by atoms with E-state index in [0.29, 0.717) is 24.0 Å². The minimum atomic E-state index is -2.38. The summed E-state index contributed by atoms with van der Waals surface area (Å²) in [5, 5.41) is 2.63. The van der Waals surface area contributed by atoms with E-state index in [2.05, 4.69) is 29.8 Å². The molecule has 0 aliphatic rings. The largest absolute Gasteiger partial charge is 0.462 e. The van der Waals surface area contributed by atoms with Gasteiger partial charge in [0, 0.05) is 17.2 Å². The summed E-state index contributed by atoms with van der Waals surface area (Å²) in [4.78, 5) is 5.95. The molecule has 0 amide bonds. The lowest BCUT2D eigenvalue weighted by molar-refractivity contribution is 0.574. The van der Waals surface area contributed by atoms with E-state index in [9.17, 15) is 4.57 Å². The summed E-state index contributed by atoms with van der Waals surface area (Å²) in [7, 11) is -2.38. The van der Waals surface area contributed by atoms with Crippen molar-refractivity contribution in [3.8, 4) is 11.5 Å². The summed E-state index contributed by atoms with van der Waals surface area (Å²) in [6.07, 6.45) is 3.92. The first-order valence-electron chi connectivity index (χ1n) is 7.66. The quantitative estimate of drug-likeness (QED) is 0.451. The normalized spacial score (nSPS) is 12.3. The molecule has 2 aromatic heterocycles. The van der Waals surface area contributed by atoms with Gasteiger partial charge in [0.1, 0.15) is 17.8 Å². The number of aromatic nitrogens is 1. The summed E-state index contributed by atoms with van der Waals surface area (Å²) >= 11 is 5.20. The van der Waals surface area contributed by atoms with Gasteiger partial charge in [-0.15, -0.1) is 11.3 Å². The van der Waals surface area contributed by atoms with Crippen LogP contribution < -0.4 is 5.30 Å². The van der Waals surface area contributed by atoms with Crippen molar-refractivity contribution in [3.63, 3.8) is 0 Å². The lowest BCUT2D eigenvalue weighted by Crippen LogP contribution is -2.10. The van der Waals surface area contributed by atoms with Gasteiger partial charge in [-0.25, -0.2) is 4.98 Å². The molecule has 0 N–H and O–H groups in total. The van der Waals surface area contributed by atoms with Crippen LogP contribution in [0.5, 0.6) is 0 Å². The Labute approximate surface area is 145 Å². The summed E-state index contributed by atoms with van der Waals surface area (Å²) in [5.74, 6) is 1.26. The highest BCUT2D eigenvalue weighted by Crippen LogP contribution is 2.47.